The average Bonchev–Trinajstić information content (AvgIpc) is 2.41. The van der Waals surface area contributed by atoms with E-state index in [1.165, 1.54) is 18.9 Å². The Kier molecular flexibility index (Phi) is 4.74. The fourth-order valence-corrected chi connectivity index (χ4v) is 2.37. The smallest absolute Gasteiger partial charge is 0.271 e. The van der Waals surface area contributed by atoms with E-state index in [0.29, 0.717) is 0 Å². The van der Waals surface area contributed by atoms with E-state index in [4.69, 9.17) is 0 Å². The zero-order chi connectivity index (χ0) is 13.7. The second-order valence-electron chi connectivity index (χ2n) is 5.26. The molecule has 0 radical (unpaired) electrons. The van der Waals surface area contributed by atoms with Gasteiger partial charge in [0.25, 0.3) is 5.69 Å². The molecule has 2 rings (SSSR count). The number of anilines is 1. The summed E-state index contributed by atoms with van der Waals surface area (Å²) in [5.74, 6) is 0.848. The Morgan fingerprint density at radius 3 is 2.84 bits per heavy atom. The number of nitro benzene ring substituents is 1. The van der Waals surface area contributed by atoms with Crippen molar-refractivity contribution in [2.75, 3.05) is 31.5 Å². The highest BCUT2D eigenvalue weighted by atomic mass is 16.6. The number of piperidine rings is 1. The van der Waals surface area contributed by atoms with Crippen LogP contribution in [0.25, 0.3) is 0 Å². The van der Waals surface area contributed by atoms with Gasteiger partial charge < -0.3 is 10.2 Å². The first-order valence-electron chi connectivity index (χ1n) is 6.86. The largest absolute Gasteiger partial charge is 0.384 e. The van der Waals surface area contributed by atoms with Gasteiger partial charge in [0.2, 0.25) is 0 Å². The van der Waals surface area contributed by atoms with E-state index in [1.54, 1.807) is 12.1 Å². The zero-order valence-electron chi connectivity index (χ0n) is 11.3. The van der Waals surface area contributed by atoms with Crippen LogP contribution in [0, 0.1) is 16.0 Å². The van der Waals surface area contributed by atoms with Crippen LogP contribution in [-0.2, 0) is 0 Å². The van der Waals surface area contributed by atoms with Crippen molar-refractivity contribution in [2.45, 2.75) is 19.8 Å². The van der Waals surface area contributed by atoms with Crippen molar-refractivity contribution in [3.05, 3.63) is 34.4 Å². The molecule has 1 aromatic rings. The molecule has 1 fully saturated rings. The van der Waals surface area contributed by atoms with Crippen molar-refractivity contribution in [3.8, 4) is 0 Å². The highest BCUT2D eigenvalue weighted by Gasteiger charge is 2.14. The summed E-state index contributed by atoms with van der Waals surface area (Å²) < 4.78 is 0. The highest BCUT2D eigenvalue weighted by Crippen LogP contribution is 2.18. The van der Waals surface area contributed by atoms with Crippen LogP contribution in [0.2, 0.25) is 0 Å². The summed E-state index contributed by atoms with van der Waals surface area (Å²) in [6.45, 7) is 6.46. The van der Waals surface area contributed by atoms with Crippen molar-refractivity contribution in [1.82, 2.24) is 4.90 Å². The summed E-state index contributed by atoms with van der Waals surface area (Å²) in [6.07, 6.45) is 2.55. The first kappa shape index (κ1) is 13.8. The van der Waals surface area contributed by atoms with E-state index in [-0.39, 0.29) is 10.6 Å². The average molecular weight is 263 g/mol. The van der Waals surface area contributed by atoms with Gasteiger partial charge in [-0.15, -0.1) is 0 Å². The van der Waals surface area contributed by atoms with Crippen LogP contribution in [0.3, 0.4) is 0 Å². The number of likely N-dealkylation sites (tertiary alicyclic amines) is 1. The first-order valence-corrected chi connectivity index (χ1v) is 6.86. The maximum Gasteiger partial charge on any atom is 0.271 e. The van der Waals surface area contributed by atoms with Gasteiger partial charge in [0.05, 0.1) is 4.92 Å². The monoisotopic (exact) mass is 263 g/mol. The Labute approximate surface area is 113 Å². The molecule has 1 aliphatic heterocycles. The minimum absolute atomic E-state index is 0.136. The topological polar surface area (TPSA) is 58.4 Å². The fourth-order valence-electron chi connectivity index (χ4n) is 2.37. The van der Waals surface area contributed by atoms with E-state index >= 15 is 0 Å². The zero-order valence-corrected chi connectivity index (χ0v) is 11.3. The van der Waals surface area contributed by atoms with Gasteiger partial charge in [-0.05, 0) is 37.9 Å². The van der Waals surface area contributed by atoms with Gasteiger partial charge in [0.15, 0.2) is 0 Å². The molecule has 19 heavy (non-hydrogen) atoms. The first-order chi connectivity index (χ1) is 9.15. The molecule has 5 nitrogen and oxygen atoms in total. The molecule has 0 aromatic heterocycles. The molecule has 5 heteroatoms. The fraction of sp³-hybridized carbons (Fsp3) is 0.571. The summed E-state index contributed by atoms with van der Waals surface area (Å²) in [5, 5.41) is 13.9. The minimum Gasteiger partial charge on any atom is -0.384 e. The summed E-state index contributed by atoms with van der Waals surface area (Å²) in [6, 6.07) is 6.67. The second kappa shape index (κ2) is 6.52. The Hall–Kier alpha value is -1.62. The van der Waals surface area contributed by atoms with Crippen LogP contribution in [0.15, 0.2) is 24.3 Å². The predicted octanol–water partition coefficient (Wildman–Crippen LogP) is 2.74. The minimum atomic E-state index is -0.364. The quantitative estimate of drug-likeness (QED) is 0.655. The molecule has 0 bridgehead atoms. The van der Waals surface area contributed by atoms with Crippen LogP contribution in [0.1, 0.15) is 19.8 Å². The van der Waals surface area contributed by atoms with Gasteiger partial charge in [-0.3, -0.25) is 10.1 Å². The van der Waals surface area contributed by atoms with Crippen LogP contribution in [-0.4, -0.2) is 36.0 Å². The number of hydrogen-bond donors (Lipinski definition) is 1. The van der Waals surface area contributed by atoms with Crippen molar-refractivity contribution in [2.24, 2.45) is 5.92 Å². The van der Waals surface area contributed by atoms with E-state index in [1.807, 2.05) is 6.07 Å². The molecular formula is C14H21N3O2. The lowest BCUT2D eigenvalue weighted by molar-refractivity contribution is -0.384. The number of nitro groups is 1. The summed E-state index contributed by atoms with van der Waals surface area (Å²) in [4.78, 5) is 12.8. The maximum atomic E-state index is 10.7. The molecule has 1 saturated heterocycles. The summed E-state index contributed by atoms with van der Waals surface area (Å²) >= 11 is 0. The Morgan fingerprint density at radius 1 is 1.42 bits per heavy atom. The van der Waals surface area contributed by atoms with Crippen molar-refractivity contribution in [1.29, 1.82) is 0 Å². The van der Waals surface area contributed by atoms with Crippen molar-refractivity contribution < 1.29 is 4.92 Å². The van der Waals surface area contributed by atoms with Crippen molar-refractivity contribution >= 4 is 11.4 Å². The number of benzene rings is 1. The number of non-ortho nitro benzene ring substituents is 1. The standard InChI is InChI=1S/C14H21N3O2/c1-12-5-8-16(9-6-12)10-7-15-13-3-2-4-14(11-13)17(18)19/h2-4,11-12,15H,5-10H2,1H3. The number of nitrogens with one attached hydrogen (secondary N) is 1. The lowest BCUT2D eigenvalue weighted by Gasteiger charge is -2.30. The molecule has 0 amide bonds. The number of hydrogen-bond acceptors (Lipinski definition) is 4. The van der Waals surface area contributed by atoms with Crippen LogP contribution < -0.4 is 5.32 Å². The van der Waals surface area contributed by atoms with Crippen LogP contribution in [0.4, 0.5) is 11.4 Å². The van der Waals surface area contributed by atoms with Gasteiger partial charge in [-0.1, -0.05) is 13.0 Å². The summed E-state index contributed by atoms with van der Waals surface area (Å²) in [5.41, 5.74) is 0.955. The normalized spacial score (nSPS) is 17.3. The molecule has 1 heterocycles. The Morgan fingerprint density at radius 2 is 2.16 bits per heavy atom. The van der Waals surface area contributed by atoms with E-state index in [0.717, 1.165) is 37.8 Å². The molecular weight excluding hydrogens is 242 g/mol. The van der Waals surface area contributed by atoms with Crippen LogP contribution in [0.5, 0.6) is 0 Å². The van der Waals surface area contributed by atoms with Crippen LogP contribution >= 0.6 is 0 Å². The van der Waals surface area contributed by atoms with Gasteiger partial charge in [-0.25, -0.2) is 0 Å². The molecule has 104 valence electrons. The molecule has 0 atom stereocenters. The van der Waals surface area contributed by atoms with Gasteiger partial charge in [-0.2, -0.15) is 0 Å². The maximum absolute atomic E-state index is 10.7. The third-order valence-electron chi connectivity index (χ3n) is 3.69. The number of nitrogens with zero attached hydrogens (tertiary/aromatic N) is 2. The van der Waals surface area contributed by atoms with Gasteiger partial charge in [0.1, 0.15) is 0 Å². The Balaban J connectivity index is 1.76. The molecule has 0 spiro atoms. The Bertz CT molecular complexity index is 428. The third kappa shape index (κ3) is 4.21. The molecule has 0 aliphatic carbocycles. The highest BCUT2D eigenvalue weighted by molar-refractivity contribution is 5.50. The molecule has 1 aromatic carbocycles. The van der Waals surface area contributed by atoms with E-state index in [2.05, 4.69) is 17.1 Å². The third-order valence-corrected chi connectivity index (χ3v) is 3.69. The summed E-state index contributed by atoms with van der Waals surface area (Å²) in [7, 11) is 0. The molecule has 1 N–H and O–H groups in total. The number of rotatable bonds is 5. The molecule has 0 saturated carbocycles. The van der Waals surface area contributed by atoms with Crippen molar-refractivity contribution in [3.63, 3.8) is 0 Å². The SMILES string of the molecule is CC1CCN(CCNc2cccc([N+](=O)[O-])c2)CC1. The lowest BCUT2D eigenvalue weighted by Crippen LogP contribution is -2.36. The van der Waals surface area contributed by atoms with E-state index < -0.39 is 0 Å². The second-order valence-corrected chi connectivity index (χ2v) is 5.26. The lowest BCUT2D eigenvalue weighted by atomic mass is 9.99. The van der Waals surface area contributed by atoms with E-state index in [9.17, 15) is 10.1 Å². The molecule has 0 unspecified atom stereocenters. The predicted molar refractivity (Wildman–Crippen MR) is 76.4 cm³/mol. The van der Waals surface area contributed by atoms with Gasteiger partial charge >= 0.3 is 0 Å². The van der Waals surface area contributed by atoms with Gasteiger partial charge in [0, 0.05) is 30.9 Å². The molecule has 1 aliphatic rings.